The summed E-state index contributed by atoms with van der Waals surface area (Å²) >= 11 is 35.1. The molecule has 1 aromatic carbocycles. The van der Waals surface area contributed by atoms with Crippen molar-refractivity contribution in [1.82, 2.24) is 15.0 Å². The summed E-state index contributed by atoms with van der Waals surface area (Å²) < 4.78 is 6.58. The molecule has 0 saturated heterocycles. The Balaban J connectivity index is 2.65. The molecule has 0 bridgehead atoms. The van der Waals surface area contributed by atoms with Gasteiger partial charge in [-0.2, -0.15) is 0 Å². The first-order chi connectivity index (χ1) is 11.1. The molecule has 1 heterocycles. The zero-order valence-corrected chi connectivity index (χ0v) is 16.7. The van der Waals surface area contributed by atoms with Crippen LogP contribution in [0, 0.1) is 0 Å². The molecule has 5 nitrogen and oxygen atoms in total. The third-order valence-corrected chi connectivity index (χ3v) is 3.80. The predicted molar refractivity (Wildman–Crippen MR) is 96.8 cm³/mol. The highest BCUT2D eigenvalue weighted by molar-refractivity contribution is 6.67. The van der Waals surface area contributed by atoms with Gasteiger partial charge in [0.1, 0.15) is 0 Å². The molecular weight excluding hydrogens is 443 g/mol. The van der Waals surface area contributed by atoms with Gasteiger partial charge in [0.05, 0.1) is 14.2 Å². The van der Waals surface area contributed by atoms with Crippen molar-refractivity contribution >= 4 is 69.6 Å². The van der Waals surface area contributed by atoms with Crippen LogP contribution in [0.1, 0.15) is 11.6 Å². The van der Waals surface area contributed by atoms with E-state index in [0.29, 0.717) is 17.1 Å². The molecule has 1 aromatic heterocycles. The van der Waals surface area contributed by atoms with Crippen LogP contribution >= 0.6 is 69.6 Å². The second-order valence-corrected chi connectivity index (χ2v) is 8.93. The van der Waals surface area contributed by atoms with Crippen LogP contribution in [0.3, 0.4) is 0 Å². The van der Waals surface area contributed by atoms with E-state index in [0.717, 1.165) is 0 Å². The van der Waals surface area contributed by atoms with Crippen molar-refractivity contribution in [1.29, 1.82) is 0 Å². The van der Waals surface area contributed by atoms with Crippen LogP contribution < -0.4 is 9.47 Å². The van der Waals surface area contributed by atoms with Crippen molar-refractivity contribution in [3.63, 3.8) is 0 Å². The van der Waals surface area contributed by atoms with Crippen LogP contribution in [0.15, 0.2) is 18.2 Å². The fourth-order valence-electron chi connectivity index (χ4n) is 1.73. The minimum atomic E-state index is -1.92. The SMILES string of the molecule is COc1ccc(-c2nc(C(Cl)(Cl)Cl)nc(C(Cl)(Cl)Cl)n2)cc1OC. The molecule has 11 heteroatoms. The van der Waals surface area contributed by atoms with E-state index in [1.807, 2.05) is 0 Å². The minimum Gasteiger partial charge on any atom is -0.493 e. The Morgan fingerprint density at radius 1 is 0.750 bits per heavy atom. The number of halogens is 6. The van der Waals surface area contributed by atoms with Crippen molar-refractivity contribution in [2.24, 2.45) is 0 Å². The quantitative estimate of drug-likeness (QED) is 0.599. The van der Waals surface area contributed by atoms with Crippen molar-refractivity contribution in [2.75, 3.05) is 14.2 Å². The van der Waals surface area contributed by atoms with Crippen LogP contribution in [0.25, 0.3) is 11.4 Å². The third kappa shape index (κ3) is 4.59. The van der Waals surface area contributed by atoms with Gasteiger partial charge < -0.3 is 9.47 Å². The van der Waals surface area contributed by atoms with E-state index >= 15 is 0 Å². The number of alkyl halides is 6. The van der Waals surface area contributed by atoms with Crippen molar-refractivity contribution in [3.8, 4) is 22.9 Å². The number of rotatable bonds is 3. The highest BCUT2D eigenvalue weighted by atomic mass is 35.6. The van der Waals surface area contributed by atoms with Crippen LogP contribution in [-0.2, 0) is 7.59 Å². The number of methoxy groups -OCH3 is 2. The number of nitrogens with zero attached hydrogens (tertiary/aromatic N) is 3. The van der Waals surface area contributed by atoms with Crippen LogP contribution in [0.5, 0.6) is 11.5 Å². The average molecular weight is 452 g/mol. The topological polar surface area (TPSA) is 57.1 Å². The van der Waals surface area contributed by atoms with Gasteiger partial charge in [-0.15, -0.1) is 0 Å². The Morgan fingerprint density at radius 3 is 1.67 bits per heavy atom. The Bertz CT molecular complexity index is 713. The lowest BCUT2D eigenvalue weighted by Crippen LogP contribution is -2.16. The molecule has 0 radical (unpaired) electrons. The highest BCUT2D eigenvalue weighted by Crippen LogP contribution is 2.41. The summed E-state index contributed by atoms with van der Waals surface area (Å²) in [5.74, 6) is 0.788. The minimum absolute atomic E-state index is 0.147. The van der Waals surface area contributed by atoms with Crippen LogP contribution in [-0.4, -0.2) is 29.2 Å². The maximum Gasteiger partial charge on any atom is 0.250 e. The average Bonchev–Trinajstić information content (AvgIpc) is 2.52. The molecule has 24 heavy (non-hydrogen) atoms. The monoisotopic (exact) mass is 449 g/mol. The Kier molecular flexibility index (Phi) is 6.17. The molecule has 0 aliphatic rings. The number of aromatic nitrogens is 3. The fourth-order valence-corrected chi connectivity index (χ4v) is 2.24. The van der Waals surface area contributed by atoms with E-state index in [1.165, 1.54) is 14.2 Å². The summed E-state index contributed by atoms with van der Waals surface area (Å²) in [6, 6.07) is 4.99. The van der Waals surface area contributed by atoms with Gasteiger partial charge in [0.25, 0.3) is 0 Å². The maximum absolute atomic E-state index is 5.85. The Morgan fingerprint density at radius 2 is 1.25 bits per heavy atom. The molecule has 0 unspecified atom stereocenters. The highest BCUT2D eigenvalue weighted by Gasteiger charge is 2.34. The van der Waals surface area contributed by atoms with Crippen molar-refractivity contribution in [2.45, 2.75) is 7.59 Å². The molecule has 0 N–H and O–H groups in total. The number of benzene rings is 1. The molecule has 2 rings (SSSR count). The summed E-state index contributed by atoms with van der Waals surface area (Å²) in [4.78, 5) is 12.2. The Hall–Kier alpha value is -0.430. The van der Waals surface area contributed by atoms with E-state index in [4.69, 9.17) is 79.1 Å². The molecule has 2 aromatic rings. The molecule has 0 aliphatic heterocycles. The van der Waals surface area contributed by atoms with Gasteiger partial charge in [0, 0.05) is 5.56 Å². The molecule has 130 valence electrons. The van der Waals surface area contributed by atoms with Gasteiger partial charge in [-0.3, -0.25) is 0 Å². The lowest BCUT2D eigenvalue weighted by Gasteiger charge is -2.16. The summed E-state index contributed by atoms with van der Waals surface area (Å²) in [6.07, 6.45) is 0. The van der Waals surface area contributed by atoms with Gasteiger partial charge in [-0.1, -0.05) is 69.6 Å². The zero-order valence-electron chi connectivity index (χ0n) is 12.2. The molecule has 0 aliphatic carbocycles. The lowest BCUT2D eigenvalue weighted by molar-refractivity contribution is 0.355. The third-order valence-electron chi connectivity index (χ3n) is 2.78. The number of hydrogen-bond acceptors (Lipinski definition) is 5. The second kappa shape index (κ2) is 7.44. The van der Waals surface area contributed by atoms with E-state index in [2.05, 4.69) is 15.0 Å². The molecule has 0 fully saturated rings. The molecular formula is C13H9Cl6N3O2. The van der Waals surface area contributed by atoms with Gasteiger partial charge in [0.15, 0.2) is 29.0 Å². The first-order valence-corrected chi connectivity index (χ1v) is 8.46. The number of hydrogen-bond donors (Lipinski definition) is 0. The van der Waals surface area contributed by atoms with Gasteiger partial charge in [0.2, 0.25) is 7.59 Å². The van der Waals surface area contributed by atoms with Gasteiger partial charge >= 0.3 is 0 Å². The lowest BCUT2D eigenvalue weighted by atomic mass is 10.2. The van der Waals surface area contributed by atoms with Gasteiger partial charge in [-0.05, 0) is 18.2 Å². The predicted octanol–water partition coefficient (Wildman–Crippen LogP) is 5.21. The Labute approximate surface area is 168 Å². The molecule has 0 amide bonds. The molecule has 0 saturated carbocycles. The number of ether oxygens (including phenoxy) is 2. The molecule has 0 atom stereocenters. The van der Waals surface area contributed by atoms with Gasteiger partial charge in [-0.25, -0.2) is 15.0 Å². The largest absolute Gasteiger partial charge is 0.493 e. The van der Waals surface area contributed by atoms with E-state index in [9.17, 15) is 0 Å². The normalized spacial score (nSPS) is 12.2. The van der Waals surface area contributed by atoms with Crippen LogP contribution in [0.4, 0.5) is 0 Å². The van der Waals surface area contributed by atoms with E-state index in [1.54, 1.807) is 18.2 Å². The van der Waals surface area contributed by atoms with E-state index in [-0.39, 0.29) is 17.5 Å². The van der Waals surface area contributed by atoms with Crippen LogP contribution in [0.2, 0.25) is 0 Å². The summed E-state index contributed by atoms with van der Waals surface area (Å²) in [7, 11) is 3.01. The fraction of sp³-hybridized carbons (Fsp3) is 0.308. The molecule has 0 spiro atoms. The smallest absolute Gasteiger partial charge is 0.250 e. The maximum atomic E-state index is 5.85. The second-order valence-electron chi connectivity index (χ2n) is 4.37. The summed E-state index contributed by atoms with van der Waals surface area (Å²) in [5.41, 5.74) is 0.529. The summed E-state index contributed by atoms with van der Waals surface area (Å²) in [5, 5.41) is 0. The first kappa shape index (κ1) is 19.9. The van der Waals surface area contributed by atoms with Crippen molar-refractivity contribution < 1.29 is 9.47 Å². The van der Waals surface area contributed by atoms with E-state index < -0.39 is 7.59 Å². The standard InChI is InChI=1S/C13H9Cl6N3O2/c1-23-7-4-3-6(5-8(7)24-2)9-20-10(12(14,15)16)22-11(21-9)13(17,18)19/h3-5H,1-2H3. The zero-order chi connectivity index (χ0) is 18.1. The van der Waals surface area contributed by atoms with Crippen molar-refractivity contribution in [3.05, 3.63) is 29.8 Å². The first-order valence-electron chi connectivity index (χ1n) is 6.19. The summed E-state index contributed by atoms with van der Waals surface area (Å²) in [6.45, 7) is 0.